The Hall–Kier alpha value is -3.56. The van der Waals surface area contributed by atoms with Gasteiger partial charge in [-0.15, -0.1) is 0 Å². The Kier molecular flexibility index (Phi) is 11.0. The fraction of sp³-hybridized carbons (Fsp3) is 0.333. The second kappa shape index (κ2) is 14.2. The minimum Gasteiger partial charge on any atom is -0.495 e. The van der Waals surface area contributed by atoms with Crippen LogP contribution in [0, 0.1) is 6.92 Å². The number of halogens is 1. The SMILES string of the molecule is CCCNC(=O)C(Cc1ccccc1)N(Cc1ccc(Cl)cc1)C(=O)CN(c1cc(C)ccc1OC)S(C)(=O)=O. The van der Waals surface area contributed by atoms with E-state index < -0.39 is 28.5 Å². The summed E-state index contributed by atoms with van der Waals surface area (Å²) in [5.74, 6) is -0.529. The van der Waals surface area contributed by atoms with E-state index in [9.17, 15) is 18.0 Å². The van der Waals surface area contributed by atoms with Crippen LogP contribution in [0.1, 0.15) is 30.0 Å². The highest BCUT2D eigenvalue weighted by molar-refractivity contribution is 7.92. The third-order valence-electron chi connectivity index (χ3n) is 6.37. The molecule has 214 valence electrons. The number of sulfonamides is 1. The molecule has 0 radical (unpaired) electrons. The summed E-state index contributed by atoms with van der Waals surface area (Å²) in [4.78, 5) is 29.1. The summed E-state index contributed by atoms with van der Waals surface area (Å²) in [7, 11) is -2.46. The van der Waals surface area contributed by atoms with Crippen LogP contribution in [0.5, 0.6) is 5.75 Å². The third-order valence-corrected chi connectivity index (χ3v) is 7.75. The zero-order valence-electron chi connectivity index (χ0n) is 23.3. The summed E-state index contributed by atoms with van der Waals surface area (Å²) in [6, 6.07) is 20.6. The van der Waals surface area contributed by atoms with Crippen LogP contribution in [0.25, 0.3) is 0 Å². The van der Waals surface area contributed by atoms with Gasteiger partial charge in [0.25, 0.3) is 0 Å². The van der Waals surface area contributed by atoms with E-state index in [2.05, 4.69) is 5.32 Å². The fourth-order valence-electron chi connectivity index (χ4n) is 4.30. The normalized spacial score (nSPS) is 11.9. The first kappa shape index (κ1) is 31.0. The van der Waals surface area contributed by atoms with E-state index in [4.69, 9.17) is 16.3 Å². The van der Waals surface area contributed by atoms with Gasteiger partial charge >= 0.3 is 0 Å². The Morgan fingerprint density at radius 1 is 1.00 bits per heavy atom. The molecule has 10 heteroatoms. The number of nitrogens with one attached hydrogen (secondary N) is 1. The molecule has 3 aromatic rings. The number of ether oxygens (including phenoxy) is 1. The Bertz CT molecular complexity index is 1400. The first-order valence-corrected chi connectivity index (χ1v) is 15.2. The Labute approximate surface area is 241 Å². The first-order chi connectivity index (χ1) is 19.0. The van der Waals surface area contributed by atoms with Crippen molar-refractivity contribution < 1.29 is 22.7 Å². The van der Waals surface area contributed by atoms with Crippen LogP contribution in [0.4, 0.5) is 5.69 Å². The molecule has 0 aliphatic rings. The molecule has 0 heterocycles. The van der Waals surface area contributed by atoms with E-state index in [-0.39, 0.29) is 24.6 Å². The highest BCUT2D eigenvalue weighted by atomic mass is 35.5. The lowest BCUT2D eigenvalue weighted by Gasteiger charge is -2.33. The molecule has 0 aliphatic heterocycles. The lowest BCUT2D eigenvalue weighted by Crippen LogP contribution is -2.53. The highest BCUT2D eigenvalue weighted by Gasteiger charge is 2.33. The number of hydrogen-bond acceptors (Lipinski definition) is 5. The minimum atomic E-state index is -3.91. The lowest BCUT2D eigenvalue weighted by atomic mass is 10.0. The standard InChI is InChI=1S/C30H36ClN3O5S/c1-5-17-32-30(36)27(19-23-9-7-6-8-10-23)33(20-24-12-14-25(31)15-13-24)29(35)21-34(40(4,37)38)26-18-22(2)11-16-28(26)39-3/h6-16,18,27H,5,17,19-21H2,1-4H3,(H,32,36). The van der Waals surface area contributed by atoms with E-state index in [1.165, 1.54) is 12.0 Å². The first-order valence-electron chi connectivity index (χ1n) is 13.0. The molecule has 1 atom stereocenters. The molecule has 0 aliphatic carbocycles. The lowest BCUT2D eigenvalue weighted by molar-refractivity contribution is -0.140. The summed E-state index contributed by atoms with van der Waals surface area (Å²) >= 11 is 6.09. The second-order valence-electron chi connectivity index (χ2n) is 9.59. The maximum Gasteiger partial charge on any atom is 0.244 e. The Morgan fingerprint density at radius 2 is 1.68 bits per heavy atom. The molecule has 0 spiro atoms. The van der Waals surface area contributed by atoms with Gasteiger partial charge in [-0.2, -0.15) is 0 Å². The minimum absolute atomic E-state index is 0.0790. The highest BCUT2D eigenvalue weighted by Crippen LogP contribution is 2.31. The van der Waals surface area contributed by atoms with Crippen LogP contribution in [0.3, 0.4) is 0 Å². The van der Waals surface area contributed by atoms with Gasteiger partial charge in [0, 0.05) is 24.5 Å². The number of benzene rings is 3. The Morgan fingerprint density at radius 3 is 2.27 bits per heavy atom. The van der Waals surface area contributed by atoms with Crippen molar-refractivity contribution in [3.8, 4) is 5.75 Å². The number of anilines is 1. The molecule has 3 aromatic carbocycles. The molecule has 40 heavy (non-hydrogen) atoms. The predicted molar refractivity (Wildman–Crippen MR) is 159 cm³/mol. The molecule has 0 saturated heterocycles. The molecular weight excluding hydrogens is 550 g/mol. The molecule has 0 fully saturated rings. The smallest absolute Gasteiger partial charge is 0.244 e. The number of nitrogens with zero attached hydrogens (tertiary/aromatic N) is 2. The van der Waals surface area contributed by atoms with Crippen molar-refractivity contribution in [1.82, 2.24) is 10.2 Å². The molecule has 1 unspecified atom stereocenters. The van der Waals surface area contributed by atoms with Crippen LogP contribution < -0.4 is 14.4 Å². The summed E-state index contributed by atoms with van der Waals surface area (Å²) in [6.07, 6.45) is 2.02. The molecule has 0 aromatic heterocycles. The molecule has 3 rings (SSSR count). The van der Waals surface area contributed by atoms with Crippen LogP contribution in [0.15, 0.2) is 72.8 Å². The van der Waals surface area contributed by atoms with Crippen LogP contribution >= 0.6 is 11.6 Å². The number of methoxy groups -OCH3 is 1. The predicted octanol–water partition coefficient (Wildman–Crippen LogP) is 4.59. The van der Waals surface area contributed by atoms with Crippen molar-refractivity contribution in [2.24, 2.45) is 0 Å². The molecule has 1 N–H and O–H groups in total. The zero-order chi connectivity index (χ0) is 29.3. The van der Waals surface area contributed by atoms with Gasteiger partial charge in [-0.05, 0) is 54.3 Å². The molecule has 8 nitrogen and oxygen atoms in total. The molecular formula is C30H36ClN3O5S. The maximum atomic E-state index is 14.1. The van der Waals surface area contributed by atoms with Gasteiger partial charge in [0.2, 0.25) is 21.8 Å². The average Bonchev–Trinajstić information content (AvgIpc) is 2.93. The third kappa shape index (κ3) is 8.47. The number of rotatable bonds is 13. The number of aryl methyl sites for hydroxylation is 1. The maximum absolute atomic E-state index is 14.1. The van der Waals surface area contributed by atoms with Crippen molar-refractivity contribution in [3.05, 3.63) is 94.5 Å². The topological polar surface area (TPSA) is 96.0 Å². The van der Waals surface area contributed by atoms with Gasteiger partial charge < -0.3 is 15.0 Å². The quantitative estimate of drug-likeness (QED) is 0.317. The van der Waals surface area contributed by atoms with Gasteiger partial charge in [-0.3, -0.25) is 13.9 Å². The van der Waals surface area contributed by atoms with Gasteiger partial charge in [0.15, 0.2) is 0 Å². The van der Waals surface area contributed by atoms with E-state index in [1.54, 1.807) is 42.5 Å². The zero-order valence-corrected chi connectivity index (χ0v) is 24.8. The Balaban J connectivity index is 2.08. The summed E-state index contributed by atoms with van der Waals surface area (Å²) < 4.78 is 32.5. The van der Waals surface area contributed by atoms with Crippen LogP contribution in [0.2, 0.25) is 5.02 Å². The van der Waals surface area contributed by atoms with Crippen molar-refractivity contribution >= 4 is 39.1 Å². The van der Waals surface area contributed by atoms with E-state index in [0.717, 1.165) is 33.7 Å². The van der Waals surface area contributed by atoms with Gasteiger partial charge in [0.05, 0.1) is 19.1 Å². The van der Waals surface area contributed by atoms with Crippen LogP contribution in [-0.4, -0.2) is 57.6 Å². The van der Waals surface area contributed by atoms with E-state index in [1.807, 2.05) is 44.2 Å². The number of carbonyl (C=O) groups is 2. The van der Waals surface area contributed by atoms with E-state index in [0.29, 0.717) is 17.3 Å². The summed E-state index contributed by atoms with van der Waals surface area (Å²) in [5.41, 5.74) is 2.67. The fourth-order valence-corrected chi connectivity index (χ4v) is 5.27. The van der Waals surface area contributed by atoms with Crippen molar-refractivity contribution in [3.63, 3.8) is 0 Å². The monoisotopic (exact) mass is 585 g/mol. The molecule has 0 saturated carbocycles. The average molecular weight is 586 g/mol. The van der Waals surface area contributed by atoms with Crippen molar-refractivity contribution in [2.75, 3.05) is 30.8 Å². The van der Waals surface area contributed by atoms with Gasteiger partial charge in [0.1, 0.15) is 18.3 Å². The molecule has 0 bridgehead atoms. The number of amides is 2. The number of carbonyl (C=O) groups excluding carboxylic acids is 2. The van der Waals surface area contributed by atoms with Crippen LogP contribution in [-0.2, 0) is 32.6 Å². The summed E-state index contributed by atoms with van der Waals surface area (Å²) in [6.45, 7) is 3.78. The second-order valence-corrected chi connectivity index (χ2v) is 11.9. The van der Waals surface area contributed by atoms with Gasteiger partial charge in [-0.25, -0.2) is 8.42 Å². The van der Waals surface area contributed by atoms with Gasteiger partial charge in [-0.1, -0.05) is 67.1 Å². The van der Waals surface area contributed by atoms with Crippen molar-refractivity contribution in [2.45, 2.75) is 39.3 Å². The van der Waals surface area contributed by atoms with Crippen molar-refractivity contribution in [1.29, 1.82) is 0 Å². The largest absolute Gasteiger partial charge is 0.495 e. The van der Waals surface area contributed by atoms with E-state index >= 15 is 0 Å². The summed E-state index contributed by atoms with van der Waals surface area (Å²) in [5, 5.41) is 3.46. The number of hydrogen-bond donors (Lipinski definition) is 1. The molecule has 2 amide bonds.